The van der Waals surface area contributed by atoms with Crippen molar-refractivity contribution in [3.05, 3.63) is 58.9 Å². The van der Waals surface area contributed by atoms with Crippen molar-refractivity contribution in [3.8, 4) is 0 Å². The first-order chi connectivity index (χ1) is 11.9. The van der Waals surface area contributed by atoms with Gasteiger partial charge in [-0.2, -0.15) is 5.10 Å². The number of nitrogens with zero attached hydrogens (tertiary/aromatic N) is 3. The minimum absolute atomic E-state index is 0.0470. The van der Waals surface area contributed by atoms with Crippen molar-refractivity contribution in [2.24, 2.45) is 13.0 Å². The van der Waals surface area contributed by atoms with Crippen LogP contribution in [0.1, 0.15) is 47.2 Å². The van der Waals surface area contributed by atoms with Gasteiger partial charge in [-0.25, -0.2) is 4.98 Å². The average molecular weight is 336 g/mol. The van der Waals surface area contributed by atoms with Gasteiger partial charge in [0.05, 0.1) is 22.7 Å². The molecule has 3 aromatic rings. The van der Waals surface area contributed by atoms with Crippen molar-refractivity contribution in [2.45, 2.75) is 33.7 Å². The van der Waals surface area contributed by atoms with Crippen LogP contribution in [0.25, 0.3) is 11.0 Å². The number of carbonyl (C=O) groups is 1. The van der Waals surface area contributed by atoms with Crippen molar-refractivity contribution >= 4 is 16.9 Å². The predicted octanol–water partition coefficient (Wildman–Crippen LogP) is 3.71. The first-order valence-corrected chi connectivity index (χ1v) is 8.55. The van der Waals surface area contributed by atoms with Gasteiger partial charge < -0.3 is 5.32 Å². The van der Waals surface area contributed by atoms with Gasteiger partial charge in [0.25, 0.3) is 5.91 Å². The second-order valence-corrected chi connectivity index (χ2v) is 6.82. The largest absolute Gasteiger partial charge is 0.345 e. The summed E-state index contributed by atoms with van der Waals surface area (Å²) in [6.45, 7) is 8.03. The molecule has 0 saturated heterocycles. The molecular weight excluding hydrogens is 312 g/mol. The third kappa shape index (κ3) is 3.27. The Morgan fingerprint density at radius 2 is 1.84 bits per heavy atom. The van der Waals surface area contributed by atoms with Crippen LogP contribution in [0.5, 0.6) is 0 Å². The molecule has 130 valence electrons. The average Bonchev–Trinajstić information content (AvgIpc) is 2.86. The van der Waals surface area contributed by atoms with Gasteiger partial charge in [0.1, 0.15) is 0 Å². The topological polar surface area (TPSA) is 59.8 Å². The molecule has 3 rings (SSSR count). The van der Waals surface area contributed by atoms with Crippen LogP contribution in [-0.4, -0.2) is 20.7 Å². The molecule has 0 aliphatic rings. The molecule has 0 aliphatic heterocycles. The smallest absolute Gasteiger partial charge is 0.252 e. The van der Waals surface area contributed by atoms with Crippen LogP contribution < -0.4 is 5.32 Å². The van der Waals surface area contributed by atoms with Gasteiger partial charge in [-0.05, 0) is 31.4 Å². The van der Waals surface area contributed by atoms with Crippen molar-refractivity contribution in [1.29, 1.82) is 0 Å². The summed E-state index contributed by atoms with van der Waals surface area (Å²) in [5.41, 5.74) is 4.10. The number of rotatable bonds is 4. The lowest BCUT2D eigenvalue weighted by Crippen LogP contribution is -2.32. The van der Waals surface area contributed by atoms with Crippen molar-refractivity contribution < 1.29 is 4.79 Å². The van der Waals surface area contributed by atoms with E-state index in [2.05, 4.69) is 29.2 Å². The van der Waals surface area contributed by atoms with Gasteiger partial charge in [0.2, 0.25) is 0 Å². The summed E-state index contributed by atoms with van der Waals surface area (Å²) in [5, 5.41) is 8.44. The van der Waals surface area contributed by atoms with Crippen LogP contribution in [-0.2, 0) is 7.05 Å². The molecular formula is C20H24N4O. The Balaban J connectivity index is 2.02. The number of aromatic nitrogens is 3. The molecule has 0 bridgehead atoms. The zero-order valence-electron chi connectivity index (χ0n) is 15.4. The highest BCUT2D eigenvalue weighted by Crippen LogP contribution is 2.25. The molecule has 1 unspecified atom stereocenters. The Morgan fingerprint density at radius 3 is 2.48 bits per heavy atom. The third-order valence-corrected chi connectivity index (χ3v) is 4.45. The number of nitrogens with one attached hydrogen (secondary N) is 1. The first-order valence-electron chi connectivity index (χ1n) is 8.55. The lowest BCUT2D eigenvalue weighted by atomic mass is 9.95. The molecule has 5 nitrogen and oxygen atoms in total. The molecule has 1 atom stereocenters. The molecule has 1 N–H and O–H groups in total. The van der Waals surface area contributed by atoms with Gasteiger partial charge in [-0.15, -0.1) is 0 Å². The third-order valence-electron chi connectivity index (χ3n) is 4.45. The number of hydrogen-bond acceptors (Lipinski definition) is 3. The van der Waals surface area contributed by atoms with Crippen LogP contribution in [0.3, 0.4) is 0 Å². The lowest BCUT2D eigenvalue weighted by molar-refractivity contribution is 0.0927. The SMILES string of the molecule is Cc1cc(C(=O)NC(c2ccccc2)C(C)C)c2c(C)nn(C)c2n1. The highest BCUT2D eigenvalue weighted by atomic mass is 16.1. The number of aryl methyl sites for hydroxylation is 3. The summed E-state index contributed by atoms with van der Waals surface area (Å²) in [5.74, 6) is 0.189. The van der Waals surface area contributed by atoms with Crippen LogP contribution in [0.4, 0.5) is 0 Å². The summed E-state index contributed by atoms with van der Waals surface area (Å²) < 4.78 is 1.73. The molecule has 0 aliphatic carbocycles. The van der Waals surface area contributed by atoms with Crippen LogP contribution in [0.2, 0.25) is 0 Å². The molecule has 25 heavy (non-hydrogen) atoms. The van der Waals surface area contributed by atoms with E-state index in [1.54, 1.807) is 4.68 Å². The van der Waals surface area contributed by atoms with Crippen LogP contribution in [0, 0.1) is 19.8 Å². The van der Waals surface area contributed by atoms with Gasteiger partial charge >= 0.3 is 0 Å². The molecule has 0 saturated carbocycles. The zero-order chi connectivity index (χ0) is 18.1. The van der Waals surface area contributed by atoms with E-state index in [4.69, 9.17) is 0 Å². The van der Waals surface area contributed by atoms with Gasteiger partial charge in [0.15, 0.2) is 5.65 Å². The predicted molar refractivity (Wildman–Crippen MR) is 99.5 cm³/mol. The molecule has 2 aromatic heterocycles. The summed E-state index contributed by atoms with van der Waals surface area (Å²) in [6, 6.07) is 11.9. The Kier molecular flexibility index (Phi) is 4.57. The quantitative estimate of drug-likeness (QED) is 0.790. The summed E-state index contributed by atoms with van der Waals surface area (Å²) in [6.07, 6.45) is 0. The molecule has 5 heteroatoms. The summed E-state index contributed by atoms with van der Waals surface area (Å²) in [4.78, 5) is 17.6. The van der Waals surface area contributed by atoms with Gasteiger partial charge in [0, 0.05) is 12.7 Å². The van der Waals surface area contributed by atoms with E-state index >= 15 is 0 Å². The molecule has 1 amide bonds. The second kappa shape index (κ2) is 6.67. The Bertz CT molecular complexity index is 912. The van der Waals surface area contributed by atoms with Crippen molar-refractivity contribution in [2.75, 3.05) is 0 Å². The minimum Gasteiger partial charge on any atom is -0.345 e. The Hall–Kier alpha value is -2.69. The van der Waals surface area contributed by atoms with Crippen LogP contribution >= 0.6 is 0 Å². The number of pyridine rings is 1. The van der Waals surface area contributed by atoms with E-state index in [1.807, 2.05) is 57.3 Å². The van der Waals surface area contributed by atoms with Crippen molar-refractivity contribution in [1.82, 2.24) is 20.1 Å². The fourth-order valence-electron chi connectivity index (χ4n) is 3.26. The van der Waals surface area contributed by atoms with Gasteiger partial charge in [-0.1, -0.05) is 44.2 Å². The van der Waals surface area contributed by atoms with E-state index in [0.29, 0.717) is 5.56 Å². The van der Waals surface area contributed by atoms with Crippen molar-refractivity contribution in [3.63, 3.8) is 0 Å². The highest BCUT2D eigenvalue weighted by Gasteiger charge is 2.22. The van der Waals surface area contributed by atoms with E-state index < -0.39 is 0 Å². The highest BCUT2D eigenvalue weighted by molar-refractivity contribution is 6.06. The molecule has 2 heterocycles. The number of fused-ring (bicyclic) bond motifs is 1. The number of benzene rings is 1. The van der Waals surface area contributed by atoms with E-state index in [1.165, 1.54) is 0 Å². The Labute approximate surface area is 148 Å². The fourth-order valence-corrected chi connectivity index (χ4v) is 3.26. The minimum atomic E-state index is -0.0887. The first kappa shape index (κ1) is 17.1. The monoisotopic (exact) mass is 336 g/mol. The molecule has 0 radical (unpaired) electrons. The number of carbonyl (C=O) groups excluding carboxylic acids is 1. The lowest BCUT2D eigenvalue weighted by Gasteiger charge is -2.23. The molecule has 0 fully saturated rings. The second-order valence-electron chi connectivity index (χ2n) is 6.82. The number of amides is 1. The molecule has 1 aromatic carbocycles. The summed E-state index contributed by atoms with van der Waals surface area (Å²) >= 11 is 0. The van der Waals surface area contributed by atoms with Crippen LogP contribution in [0.15, 0.2) is 36.4 Å². The normalized spacial score (nSPS) is 12.6. The standard InChI is InChI=1S/C20H24N4O/c1-12(2)18(15-9-7-6-8-10-15)22-20(25)16-11-13(3)21-19-17(16)14(4)23-24(19)5/h6-12,18H,1-5H3,(H,22,25). The van der Waals surface area contributed by atoms with E-state index in [0.717, 1.165) is 28.0 Å². The Morgan fingerprint density at radius 1 is 1.16 bits per heavy atom. The van der Waals surface area contributed by atoms with E-state index in [9.17, 15) is 4.79 Å². The van der Waals surface area contributed by atoms with Gasteiger partial charge in [-0.3, -0.25) is 9.48 Å². The van der Waals surface area contributed by atoms with E-state index in [-0.39, 0.29) is 17.9 Å². The maximum Gasteiger partial charge on any atom is 0.252 e. The summed E-state index contributed by atoms with van der Waals surface area (Å²) in [7, 11) is 1.85. The fraction of sp³-hybridized carbons (Fsp3) is 0.350. The zero-order valence-corrected chi connectivity index (χ0v) is 15.4. The number of hydrogen-bond donors (Lipinski definition) is 1. The maximum absolute atomic E-state index is 13.1. The molecule has 0 spiro atoms. The maximum atomic E-state index is 13.1.